The third kappa shape index (κ3) is 3.55. The van der Waals surface area contributed by atoms with E-state index in [-0.39, 0.29) is 5.41 Å². The van der Waals surface area contributed by atoms with E-state index in [2.05, 4.69) is 10.6 Å². The molecule has 0 radical (unpaired) electrons. The van der Waals surface area contributed by atoms with Gasteiger partial charge < -0.3 is 15.5 Å². The third-order valence-corrected chi connectivity index (χ3v) is 4.95. The molecule has 0 aliphatic carbocycles. The van der Waals surface area contributed by atoms with Crippen LogP contribution in [0.4, 0.5) is 5.69 Å². The Hall–Kier alpha value is -1.88. The average Bonchev–Trinajstić information content (AvgIpc) is 2.93. The molecule has 23 heavy (non-hydrogen) atoms. The fourth-order valence-electron chi connectivity index (χ4n) is 3.90. The molecule has 0 bridgehead atoms. The summed E-state index contributed by atoms with van der Waals surface area (Å²) in [5, 5.41) is 6.14. The number of hydrogen-bond acceptors (Lipinski definition) is 3. The number of amides is 2. The molecule has 2 fully saturated rings. The molecule has 2 aliphatic rings. The molecular formula is C18H25N3O2. The molecule has 1 aromatic carbocycles. The number of nitrogens with one attached hydrogen (secondary N) is 2. The fourth-order valence-corrected chi connectivity index (χ4v) is 3.90. The standard InChI is InChI=1S/C18H25N3O2/c1-13-8-14(2)10-15(9-13)20-16(22)17(23)21-7-3-4-18(12-21)5-6-19-11-18/h8-10,19H,3-7,11-12H2,1-2H3,(H,20,22)/t18-/m0/s1. The van der Waals surface area contributed by atoms with Gasteiger partial charge in [0.25, 0.3) is 0 Å². The zero-order valence-electron chi connectivity index (χ0n) is 13.9. The lowest BCUT2D eigenvalue weighted by molar-refractivity contribution is -0.145. The minimum absolute atomic E-state index is 0.175. The van der Waals surface area contributed by atoms with Crippen molar-refractivity contribution in [3.63, 3.8) is 0 Å². The number of anilines is 1. The molecule has 0 aromatic heterocycles. The topological polar surface area (TPSA) is 61.4 Å². The molecule has 5 heteroatoms. The predicted octanol–water partition coefficient (Wildman–Crippen LogP) is 1.84. The molecule has 2 amide bonds. The van der Waals surface area contributed by atoms with Crippen LogP contribution in [-0.4, -0.2) is 42.9 Å². The number of piperidine rings is 1. The zero-order valence-corrected chi connectivity index (χ0v) is 13.9. The van der Waals surface area contributed by atoms with Crippen LogP contribution >= 0.6 is 0 Å². The number of hydrogen-bond donors (Lipinski definition) is 2. The first-order valence-electron chi connectivity index (χ1n) is 8.37. The maximum Gasteiger partial charge on any atom is 0.313 e. The van der Waals surface area contributed by atoms with Crippen LogP contribution in [0.3, 0.4) is 0 Å². The highest BCUT2D eigenvalue weighted by Crippen LogP contribution is 2.35. The van der Waals surface area contributed by atoms with Crippen molar-refractivity contribution in [3.8, 4) is 0 Å². The second-order valence-electron chi connectivity index (χ2n) is 7.09. The molecule has 1 aromatic rings. The molecular weight excluding hydrogens is 290 g/mol. The van der Waals surface area contributed by atoms with E-state index in [1.165, 1.54) is 0 Å². The van der Waals surface area contributed by atoms with Gasteiger partial charge in [-0.2, -0.15) is 0 Å². The molecule has 0 unspecified atom stereocenters. The van der Waals surface area contributed by atoms with Crippen LogP contribution in [-0.2, 0) is 9.59 Å². The number of aryl methyl sites for hydroxylation is 2. The smallest absolute Gasteiger partial charge is 0.313 e. The van der Waals surface area contributed by atoms with E-state index in [1.54, 1.807) is 4.90 Å². The van der Waals surface area contributed by atoms with Gasteiger partial charge in [0.15, 0.2) is 0 Å². The molecule has 1 atom stereocenters. The molecule has 5 nitrogen and oxygen atoms in total. The Morgan fingerprint density at radius 3 is 2.57 bits per heavy atom. The number of nitrogens with zero attached hydrogens (tertiary/aromatic N) is 1. The summed E-state index contributed by atoms with van der Waals surface area (Å²) >= 11 is 0. The fraction of sp³-hybridized carbons (Fsp3) is 0.556. The van der Waals surface area contributed by atoms with E-state index >= 15 is 0 Å². The second kappa shape index (κ2) is 6.32. The summed E-state index contributed by atoms with van der Waals surface area (Å²) in [6.45, 7) is 7.30. The Labute approximate surface area is 137 Å². The van der Waals surface area contributed by atoms with E-state index in [9.17, 15) is 9.59 Å². The lowest BCUT2D eigenvalue weighted by atomic mass is 9.79. The van der Waals surface area contributed by atoms with Crippen LogP contribution < -0.4 is 10.6 Å². The Bertz CT molecular complexity index is 600. The molecule has 2 N–H and O–H groups in total. The SMILES string of the molecule is Cc1cc(C)cc(NC(=O)C(=O)N2CCC[C@@]3(CCNC3)C2)c1. The van der Waals surface area contributed by atoms with Crippen molar-refractivity contribution in [2.75, 3.05) is 31.5 Å². The normalized spacial score (nSPS) is 24.0. The van der Waals surface area contributed by atoms with Gasteiger partial charge in [-0.05, 0) is 62.9 Å². The number of rotatable bonds is 1. The largest absolute Gasteiger partial charge is 0.334 e. The second-order valence-corrected chi connectivity index (χ2v) is 7.09. The van der Waals surface area contributed by atoms with Gasteiger partial charge in [0.2, 0.25) is 0 Å². The van der Waals surface area contributed by atoms with Gasteiger partial charge in [-0.3, -0.25) is 9.59 Å². The summed E-state index contributed by atoms with van der Waals surface area (Å²) in [4.78, 5) is 26.6. The molecule has 1 spiro atoms. The summed E-state index contributed by atoms with van der Waals surface area (Å²) in [6.07, 6.45) is 3.21. The van der Waals surface area contributed by atoms with Crippen molar-refractivity contribution in [2.45, 2.75) is 33.1 Å². The van der Waals surface area contributed by atoms with Gasteiger partial charge >= 0.3 is 11.8 Å². The highest BCUT2D eigenvalue weighted by atomic mass is 16.2. The monoisotopic (exact) mass is 315 g/mol. The summed E-state index contributed by atoms with van der Waals surface area (Å²) < 4.78 is 0. The minimum Gasteiger partial charge on any atom is -0.334 e. The van der Waals surface area contributed by atoms with Crippen LogP contribution in [0.5, 0.6) is 0 Å². The lowest BCUT2D eigenvalue weighted by Gasteiger charge is -2.39. The van der Waals surface area contributed by atoms with Crippen LogP contribution in [0.2, 0.25) is 0 Å². The van der Waals surface area contributed by atoms with Crippen LogP contribution in [0, 0.1) is 19.3 Å². The Balaban J connectivity index is 1.66. The first-order chi connectivity index (χ1) is 11.0. The van der Waals surface area contributed by atoms with Crippen molar-refractivity contribution in [2.24, 2.45) is 5.41 Å². The van der Waals surface area contributed by atoms with E-state index in [1.807, 2.05) is 32.0 Å². The first-order valence-corrected chi connectivity index (χ1v) is 8.37. The molecule has 0 saturated carbocycles. The molecule has 2 aliphatic heterocycles. The van der Waals surface area contributed by atoms with Crippen LogP contribution in [0.15, 0.2) is 18.2 Å². The van der Waals surface area contributed by atoms with Crippen LogP contribution in [0.25, 0.3) is 0 Å². The number of carbonyl (C=O) groups is 2. The van der Waals surface area contributed by atoms with Gasteiger partial charge in [-0.15, -0.1) is 0 Å². The summed E-state index contributed by atoms with van der Waals surface area (Å²) in [5.74, 6) is -0.937. The molecule has 124 valence electrons. The van der Waals surface area contributed by atoms with Crippen molar-refractivity contribution < 1.29 is 9.59 Å². The molecule has 2 saturated heterocycles. The van der Waals surface area contributed by atoms with Gasteiger partial charge in [-0.25, -0.2) is 0 Å². The predicted molar refractivity (Wildman–Crippen MR) is 90.3 cm³/mol. The Kier molecular flexibility index (Phi) is 4.39. The maximum atomic E-state index is 12.5. The minimum atomic E-state index is -0.530. The Morgan fingerprint density at radius 1 is 1.17 bits per heavy atom. The van der Waals surface area contributed by atoms with Crippen molar-refractivity contribution in [3.05, 3.63) is 29.3 Å². The Morgan fingerprint density at radius 2 is 1.91 bits per heavy atom. The van der Waals surface area contributed by atoms with E-state index in [0.29, 0.717) is 18.8 Å². The lowest BCUT2D eigenvalue weighted by Crippen LogP contribution is -2.50. The summed E-state index contributed by atoms with van der Waals surface area (Å²) in [6, 6.07) is 5.81. The molecule has 2 heterocycles. The zero-order chi connectivity index (χ0) is 16.4. The van der Waals surface area contributed by atoms with E-state index in [0.717, 1.165) is 43.5 Å². The van der Waals surface area contributed by atoms with Crippen molar-refractivity contribution >= 4 is 17.5 Å². The quantitative estimate of drug-likeness (QED) is 0.778. The third-order valence-electron chi connectivity index (χ3n) is 4.95. The van der Waals surface area contributed by atoms with Crippen molar-refractivity contribution in [1.29, 1.82) is 0 Å². The maximum absolute atomic E-state index is 12.5. The average molecular weight is 315 g/mol. The highest BCUT2D eigenvalue weighted by Gasteiger charge is 2.40. The highest BCUT2D eigenvalue weighted by molar-refractivity contribution is 6.39. The first kappa shape index (κ1) is 16.0. The number of benzene rings is 1. The number of likely N-dealkylation sites (tertiary alicyclic amines) is 1. The van der Waals surface area contributed by atoms with Gasteiger partial charge in [0.05, 0.1) is 0 Å². The van der Waals surface area contributed by atoms with Crippen molar-refractivity contribution in [1.82, 2.24) is 10.2 Å². The summed E-state index contributed by atoms with van der Waals surface area (Å²) in [7, 11) is 0. The van der Waals surface area contributed by atoms with Gasteiger partial charge in [0.1, 0.15) is 0 Å². The van der Waals surface area contributed by atoms with E-state index < -0.39 is 11.8 Å². The van der Waals surface area contributed by atoms with Gasteiger partial charge in [0, 0.05) is 30.7 Å². The summed E-state index contributed by atoms with van der Waals surface area (Å²) in [5.41, 5.74) is 3.01. The van der Waals surface area contributed by atoms with Gasteiger partial charge in [-0.1, -0.05) is 6.07 Å². The molecule has 3 rings (SSSR count). The number of carbonyl (C=O) groups excluding carboxylic acids is 2. The van der Waals surface area contributed by atoms with Crippen LogP contribution in [0.1, 0.15) is 30.4 Å². The van der Waals surface area contributed by atoms with E-state index in [4.69, 9.17) is 0 Å².